The highest BCUT2D eigenvalue weighted by atomic mass is 32.2. The topological polar surface area (TPSA) is 68.2 Å². The highest BCUT2D eigenvalue weighted by molar-refractivity contribution is 8.16. The van der Waals surface area contributed by atoms with Crippen LogP contribution in [0.3, 0.4) is 0 Å². The van der Waals surface area contributed by atoms with Crippen molar-refractivity contribution >= 4 is 40.2 Å². The first kappa shape index (κ1) is 18.0. The van der Waals surface area contributed by atoms with Crippen LogP contribution in [-0.2, 0) is 14.3 Å². The van der Waals surface area contributed by atoms with Crippen LogP contribution in [0.1, 0.15) is 6.42 Å². The summed E-state index contributed by atoms with van der Waals surface area (Å²) in [7, 11) is 2.90. The van der Waals surface area contributed by atoms with Crippen molar-refractivity contribution in [1.29, 1.82) is 0 Å². The van der Waals surface area contributed by atoms with E-state index in [-0.39, 0.29) is 12.3 Å². The molecule has 0 aromatic heterocycles. The van der Waals surface area contributed by atoms with E-state index in [1.54, 1.807) is 31.4 Å². The minimum absolute atomic E-state index is 0.000461. The number of benzene rings is 2. The van der Waals surface area contributed by atoms with Gasteiger partial charge in [0.25, 0.3) is 0 Å². The molecule has 1 aliphatic heterocycles. The number of nitrogens with zero attached hydrogens (tertiary/aromatic N) is 2. The number of ether oxygens (including phenoxy) is 2. The molecule has 2 aromatic carbocycles. The van der Waals surface area contributed by atoms with Gasteiger partial charge in [-0.05, 0) is 36.4 Å². The van der Waals surface area contributed by atoms with E-state index >= 15 is 0 Å². The number of para-hydroxylation sites is 1. The van der Waals surface area contributed by atoms with Crippen molar-refractivity contribution in [1.82, 2.24) is 0 Å². The van der Waals surface area contributed by atoms with Crippen molar-refractivity contribution in [3.8, 4) is 5.75 Å². The van der Waals surface area contributed by atoms with Gasteiger partial charge in [0, 0.05) is 0 Å². The molecule has 26 heavy (non-hydrogen) atoms. The van der Waals surface area contributed by atoms with Crippen molar-refractivity contribution < 1.29 is 19.1 Å². The monoisotopic (exact) mass is 370 g/mol. The Morgan fingerprint density at radius 1 is 1.12 bits per heavy atom. The third-order valence-electron chi connectivity index (χ3n) is 3.83. The summed E-state index contributed by atoms with van der Waals surface area (Å²) >= 11 is 1.26. The summed E-state index contributed by atoms with van der Waals surface area (Å²) in [5, 5.41) is -0.0349. The first-order valence-electron chi connectivity index (χ1n) is 7.97. The molecule has 1 atom stereocenters. The van der Waals surface area contributed by atoms with Gasteiger partial charge in [-0.25, -0.2) is 4.99 Å². The van der Waals surface area contributed by atoms with Gasteiger partial charge in [0.15, 0.2) is 5.17 Å². The van der Waals surface area contributed by atoms with E-state index in [2.05, 4.69) is 4.99 Å². The molecule has 0 N–H and O–H groups in total. The SMILES string of the molecule is COC(=O)C[C@@H]1SC(=Nc2ccccc2)N(c2ccc(OC)cc2)C1=O. The molecular weight excluding hydrogens is 352 g/mol. The molecule has 0 unspecified atom stereocenters. The van der Waals surface area contributed by atoms with Gasteiger partial charge in [0.2, 0.25) is 5.91 Å². The maximum absolute atomic E-state index is 12.9. The van der Waals surface area contributed by atoms with E-state index in [0.29, 0.717) is 16.6 Å². The number of esters is 1. The predicted molar refractivity (Wildman–Crippen MR) is 102 cm³/mol. The number of rotatable bonds is 5. The van der Waals surface area contributed by atoms with Crippen molar-refractivity contribution in [2.75, 3.05) is 19.1 Å². The number of hydrogen-bond donors (Lipinski definition) is 0. The summed E-state index contributed by atoms with van der Waals surface area (Å²) in [6.07, 6.45) is 0.000461. The Morgan fingerprint density at radius 2 is 1.81 bits per heavy atom. The summed E-state index contributed by atoms with van der Waals surface area (Å²) < 4.78 is 9.88. The van der Waals surface area contributed by atoms with Gasteiger partial charge in [0.1, 0.15) is 11.0 Å². The van der Waals surface area contributed by atoms with Gasteiger partial charge in [-0.1, -0.05) is 30.0 Å². The molecule has 0 bridgehead atoms. The minimum Gasteiger partial charge on any atom is -0.497 e. The third kappa shape index (κ3) is 3.88. The van der Waals surface area contributed by atoms with Crippen molar-refractivity contribution in [3.63, 3.8) is 0 Å². The molecule has 2 aromatic rings. The Bertz CT molecular complexity index is 821. The Kier molecular flexibility index (Phi) is 5.58. The number of anilines is 1. The standard InChI is InChI=1S/C19H18N2O4S/c1-24-15-10-8-14(9-11-15)21-18(23)16(12-17(22)25-2)26-19(21)20-13-6-4-3-5-7-13/h3-11,16H,12H2,1-2H3/t16-/m0/s1. The summed E-state index contributed by atoms with van der Waals surface area (Å²) in [5.74, 6) is 0.0763. The van der Waals surface area contributed by atoms with E-state index in [1.807, 2.05) is 30.3 Å². The Morgan fingerprint density at radius 3 is 2.42 bits per heavy atom. The fourth-order valence-electron chi connectivity index (χ4n) is 2.49. The zero-order valence-corrected chi connectivity index (χ0v) is 15.2. The van der Waals surface area contributed by atoms with Crippen LogP contribution < -0.4 is 9.64 Å². The molecule has 0 radical (unpaired) electrons. The number of thioether (sulfide) groups is 1. The van der Waals surface area contributed by atoms with Crippen LogP contribution in [-0.4, -0.2) is 36.5 Å². The largest absolute Gasteiger partial charge is 0.497 e. The smallest absolute Gasteiger partial charge is 0.307 e. The lowest BCUT2D eigenvalue weighted by Gasteiger charge is -2.17. The van der Waals surface area contributed by atoms with Crippen LogP contribution in [0.15, 0.2) is 59.6 Å². The minimum atomic E-state index is -0.563. The summed E-state index contributed by atoms with van der Waals surface area (Å²) in [5.41, 5.74) is 1.41. The fourth-order valence-corrected chi connectivity index (χ4v) is 3.63. The molecule has 1 aliphatic rings. The second-order valence-corrected chi connectivity index (χ2v) is 6.66. The van der Waals surface area contributed by atoms with E-state index in [0.717, 1.165) is 5.69 Å². The van der Waals surface area contributed by atoms with Crippen molar-refractivity contribution in [3.05, 3.63) is 54.6 Å². The van der Waals surface area contributed by atoms with Crippen LogP contribution in [0.4, 0.5) is 11.4 Å². The summed E-state index contributed by atoms with van der Waals surface area (Å²) in [4.78, 5) is 30.7. The molecule has 6 nitrogen and oxygen atoms in total. The zero-order chi connectivity index (χ0) is 18.5. The molecule has 7 heteroatoms. The van der Waals surface area contributed by atoms with Gasteiger partial charge < -0.3 is 9.47 Å². The lowest BCUT2D eigenvalue weighted by Crippen LogP contribution is -2.32. The molecule has 134 valence electrons. The van der Waals surface area contributed by atoms with E-state index < -0.39 is 11.2 Å². The number of methoxy groups -OCH3 is 2. The van der Waals surface area contributed by atoms with E-state index in [1.165, 1.54) is 23.8 Å². The molecule has 0 spiro atoms. The van der Waals surface area contributed by atoms with Crippen molar-refractivity contribution in [2.24, 2.45) is 4.99 Å². The van der Waals surface area contributed by atoms with Gasteiger partial charge in [-0.3, -0.25) is 14.5 Å². The zero-order valence-electron chi connectivity index (χ0n) is 14.4. The van der Waals surface area contributed by atoms with Crippen LogP contribution in [0.5, 0.6) is 5.75 Å². The van der Waals surface area contributed by atoms with Gasteiger partial charge in [-0.2, -0.15) is 0 Å². The van der Waals surface area contributed by atoms with E-state index in [9.17, 15) is 9.59 Å². The average molecular weight is 370 g/mol. The van der Waals surface area contributed by atoms with Crippen LogP contribution >= 0.6 is 11.8 Å². The first-order valence-corrected chi connectivity index (χ1v) is 8.85. The van der Waals surface area contributed by atoms with Crippen LogP contribution in [0.25, 0.3) is 0 Å². The van der Waals surface area contributed by atoms with E-state index in [4.69, 9.17) is 9.47 Å². The quantitative estimate of drug-likeness (QED) is 0.755. The van der Waals surface area contributed by atoms with Gasteiger partial charge in [0.05, 0.1) is 32.0 Å². The van der Waals surface area contributed by atoms with Gasteiger partial charge in [-0.15, -0.1) is 0 Å². The molecule has 1 heterocycles. The normalized spacial score (nSPS) is 18.2. The van der Waals surface area contributed by atoms with Crippen molar-refractivity contribution in [2.45, 2.75) is 11.7 Å². The molecule has 3 rings (SSSR count). The molecule has 1 saturated heterocycles. The maximum atomic E-state index is 12.9. The number of carbonyl (C=O) groups is 2. The average Bonchev–Trinajstić information content (AvgIpc) is 2.97. The number of amidine groups is 1. The first-order chi connectivity index (χ1) is 12.6. The lowest BCUT2D eigenvalue weighted by molar-refractivity contribution is -0.141. The summed E-state index contributed by atoms with van der Waals surface area (Å²) in [6, 6.07) is 16.5. The van der Waals surface area contributed by atoms with Crippen LogP contribution in [0, 0.1) is 0 Å². The third-order valence-corrected chi connectivity index (χ3v) is 4.96. The Labute approximate surface area is 155 Å². The number of amides is 1. The second kappa shape index (κ2) is 8.05. The highest BCUT2D eigenvalue weighted by Crippen LogP contribution is 2.35. The van der Waals surface area contributed by atoms with Crippen LogP contribution in [0.2, 0.25) is 0 Å². The molecule has 1 amide bonds. The Hall–Kier alpha value is -2.80. The molecule has 1 fully saturated rings. The lowest BCUT2D eigenvalue weighted by atomic mass is 10.2. The number of hydrogen-bond acceptors (Lipinski definition) is 6. The fraction of sp³-hybridized carbons (Fsp3) is 0.211. The highest BCUT2D eigenvalue weighted by Gasteiger charge is 2.40. The molecule has 0 saturated carbocycles. The Balaban J connectivity index is 1.96. The molecule has 0 aliphatic carbocycles. The number of aliphatic imine (C=N–C) groups is 1. The number of carbonyl (C=O) groups excluding carboxylic acids is 2. The second-order valence-electron chi connectivity index (χ2n) is 5.49. The summed E-state index contributed by atoms with van der Waals surface area (Å²) in [6.45, 7) is 0. The molecular formula is C19H18N2O4S. The maximum Gasteiger partial charge on any atom is 0.307 e. The predicted octanol–water partition coefficient (Wildman–Crippen LogP) is 3.39. The van der Waals surface area contributed by atoms with Gasteiger partial charge >= 0.3 is 5.97 Å².